The van der Waals surface area contributed by atoms with E-state index in [-0.39, 0.29) is 11.1 Å². The minimum absolute atomic E-state index is 0.0425. The predicted molar refractivity (Wildman–Crippen MR) is 73.3 cm³/mol. The molecule has 1 N–H and O–H groups in total. The maximum Gasteiger partial charge on any atom is 0.270 e. The Hall–Kier alpha value is -1.62. The molecule has 0 bridgehead atoms. The van der Waals surface area contributed by atoms with Crippen molar-refractivity contribution >= 4 is 5.69 Å². The Morgan fingerprint density at radius 3 is 2.53 bits per heavy atom. The second-order valence-corrected chi connectivity index (χ2v) is 5.81. The van der Waals surface area contributed by atoms with Crippen molar-refractivity contribution in [2.75, 3.05) is 6.61 Å². The molecule has 5 heteroatoms. The summed E-state index contributed by atoms with van der Waals surface area (Å²) in [5.74, 6) is 0.504. The summed E-state index contributed by atoms with van der Waals surface area (Å²) in [7, 11) is 0. The molecule has 0 aliphatic rings. The van der Waals surface area contributed by atoms with E-state index in [1.165, 1.54) is 12.1 Å². The van der Waals surface area contributed by atoms with E-state index in [1.54, 1.807) is 13.0 Å². The van der Waals surface area contributed by atoms with Gasteiger partial charge in [0.15, 0.2) is 0 Å². The molecular formula is C14H21NO4. The molecule has 0 aliphatic heterocycles. The van der Waals surface area contributed by atoms with Crippen LogP contribution in [-0.4, -0.2) is 16.6 Å². The van der Waals surface area contributed by atoms with Crippen molar-refractivity contribution in [3.63, 3.8) is 0 Å². The maximum absolute atomic E-state index is 10.7. The monoisotopic (exact) mass is 267 g/mol. The zero-order chi connectivity index (χ0) is 14.6. The van der Waals surface area contributed by atoms with Crippen molar-refractivity contribution in [3.05, 3.63) is 33.9 Å². The number of aliphatic hydroxyl groups is 1. The quantitative estimate of drug-likeness (QED) is 0.655. The second kappa shape index (κ2) is 6.02. The molecule has 0 aromatic heterocycles. The molecule has 0 aliphatic carbocycles. The highest BCUT2D eigenvalue weighted by Gasteiger charge is 2.16. The minimum atomic E-state index is -0.801. The van der Waals surface area contributed by atoms with Gasteiger partial charge in [0.1, 0.15) is 5.75 Å². The first-order valence-corrected chi connectivity index (χ1v) is 6.30. The molecule has 0 fully saturated rings. The highest BCUT2D eigenvalue weighted by Crippen LogP contribution is 2.30. The summed E-state index contributed by atoms with van der Waals surface area (Å²) in [6.07, 6.45) is 0.0630. The number of benzene rings is 1. The SMILES string of the molecule is C[C@@H](O)c1cc([N+](=O)[O-])ccc1OCCC(C)(C)C. The summed E-state index contributed by atoms with van der Waals surface area (Å²) in [6.45, 7) is 8.42. The van der Waals surface area contributed by atoms with Gasteiger partial charge in [-0.15, -0.1) is 0 Å². The van der Waals surface area contributed by atoms with Crippen molar-refractivity contribution in [2.24, 2.45) is 5.41 Å². The lowest BCUT2D eigenvalue weighted by Gasteiger charge is -2.19. The number of hydrogen-bond acceptors (Lipinski definition) is 4. The lowest BCUT2D eigenvalue weighted by Crippen LogP contribution is -2.12. The Kier molecular flexibility index (Phi) is 4.89. The van der Waals surface area contributed by atoms with Gasteiger partial charge in [-0.2, -0.15) is 0 Å². The average molecular weight is 267 g/mol. The van der Waals surface area contributed by atoms with E-state index in [0.717, 1.165) is 6.42 Å². The molecule has 106 valence electrons. The van der Waals surface area contributed by atoms with Gasteiger partial charge in [-0.3, -0.25) is 10.1 Å². The first-order valence-electron chi connectivity index (χ1n) is 6.30. The molecular weight excluding hydrogens is 246 g/mol. The van der Waals surface area contributed by atoms with E-state index >= 15 is 0 Å². The number of ether oxygens (including phenoxy) is 1. The topological polar surface area (TPSA) is 72.6 Å². The van der Waals surface area contributed by atoms with Crippen LogP contribution in [0.5, 0.6) is 5.75 Å². The third kappa shape index (κ3) is 4.87. The summed E-state index contributed by atoms with van der Waals surface area (Å²) in [5.41, 5.74) is 0.563. The van der Waals surface area contributed by atoms with Gasteiger partial charge >= 0.3 is 0 Å². The van der Waals surface area contributed by atoms with E-state index in [4.69, 9.17) is 4.74 Å². The predicted octanol–water partition coefficient (Wildman–Crippen LogP) is 3.46. The minimum Gasteiger partial charge on any atom is -0.493 e. The van der Waals surface area contributed by atoms with E-state index in [0.29, 0.717) is 17.9 Å². The Morgan fingerprint density at radius 2 is 2.05 bits per heavy atom. The Labute approximate surface area is 113 Å². The number of nitrogens with zero attached hydrogens (tertiary/aromatic N) is 1. The molecule has 0 spiro atoms. The van der Waals surface area contributed by atoms with Crippen LogP contribution >= 0.6 is 0 Å². The zero-order valence-corrected chi connectivity index (χ0v) is 11.8. The Bertz CT molecular complexity index is 449. The van der Waals surface area contributed by atoms with E-state index in [9.17, 15) is 15.2 Å². The summed E-state index contributed by atoms with van der Waals surface area (Å²) >= 11 is 0. The molecule has 19 heavy (non-hydrogen) atoms. The van der Waals surface area contributed by atoms with Gasteiger partial charge in [0.05, 0.1) is 17.6 Å². The van der Waals surface area contributed by atoms with Crippen LogP contribution in [0, 0.1) is 15.5 Å². The van der Waals surface area contributed by atoms with Crippen LogP contribution in [0.2, 0.25) is 0 Å². The number of rotatable bonds is 5. The molecule has 0 radical (unpaired) electrons. The molecule has 0 amide bonds. The molecule has 1 aromatic carbocycles. The molecule has 0 saturated heterocycles. The number of nitro groups is 1. The third-order valence-electron chi connectivity index (χ3n) is 2.76. The lowest BCUT2D eigenvalue weighted by molar-refractivity contribution is -0.385. The molecule has 0 unspecified atom stereocenters. The van der Waals surface area contributed by atoms with Crippen LogP contribution in [0.1, 0.15) is 45.8 Å². The number of nitro benzene ring substituents is 1. The van der Waals surface area contributed by atoms with Crippen LogP contribution in [0.4, 0.5) is 5.69 Å². The van der Waals surface area contributed by atoms with Crippen molar-refractivity contribution in [2.45, 2.75) is 40.2 Å². The van der Waals surface area contributed by atoms with Crippen LogP contribution in [0.25, 0.3) is 0 Å². The first kappa shape index (κ1) is 15.4. The smallest absolute Gasteiger partial charge is 0.270 e. The van der Waals surface area contributed by atoms with Crippen molar-refractivity contribution in [3.8, 4) is 5.75 Å². The number of non-ortho nitro benzene ring substituents is 1. The van der Waals surface area contributed by atoms with Gasteiger partial charge in [-0.25, -0.2) is 0 Å². The molecule has 1 rings (SSSR count). The molecule has 0 heterocycles. The number of hydrogen-bond donors (Lipinski definition) is 1. The van der Waals surface area contributed by atoms with Gasteiger partial charge in [0, 0.05) is 17.7 Å². The zero-order valence-electron chi connectivity index (χ0n) is 11.8. The summed E-state index contributed by atoms with van der Waals surface area (Å²) in [6, 6.07) is 4.29. The standard InChI is InChI=1S/C14H21NO4/c1-10(16)12-9-11(15(17)18)5-6-13(12)19-8-7-14(2,3)4/h5-6,9-10,16H,7-8H2,1-4H3/t10-/m1/s1. The highest BCUT2D eigenvalue weighted by molar-refractivity contribution is 5.44. The fourth-order valence-corrected chi connectivity index (χ4v) is 1.57. The van der Waals surface area contributed by atoms with Crippen molar-refractivity contribution in [1.29, 1.82) is 0 Å². The van der Waals surface area contributed by atoms with Crippen LogP contribution in [0.15, 0.2) is 18.2 Å². The molecule has 5 nitrogen and oxygen atoms in total. The Balaban J connectivity index is 2.85. The molecule has 0 saturated carbocycles. The average Bonchev–Trinajstić information content (AvgIpc) is 2.27. The van der Waals surface area contributed by atoms with E-state index in [2.05, 4.69) is 20.8 Å². The van der Waals surface area contributed by atoms with Crippen molar-refractivity contribution < 1.29 is 14.8 Å². The first-order chi connectivity index (χ1) is 8.70. The maximum atomic E-state index is 10.7. The lowest BCUT2D eigenvalue weighted by atomic mass is 9.93. The summed E-state index contributed by atoms with van der Waals surface area (Å²) in [4.78, 5) is 10.2. The normalized spacial score (nSPS) is 13.1. The highest BCUT2D eigenvalue weighted by atomic mass is 16.6. The summed E-state index contributed by atoms with van der Waals surface area (Å²) in [5, 5.41) is 20.4. The van der Waals surface area contributed by atoms with Gasteiger partial charge in [0.2, 0.25) is 0 Å². The molecule has 1 aromatic rings. The Morgan fingerprint density at radius 1 is 1.42 bits per heavy atom. The van der Waals surface area contributed by atoms with Crippen molar-refractivity contribution in [1.82, 2.24) is 0 Å². The van der Waals surface area contributed by atoms with Crippen LogP contribution in [-0.2, 0) is 0 Å². The molecule has 1 atom stereocenters. The summed E-state index contributed by atoms with van der Waals surface area (Å²) < 4.78 is 5.63. The van der Waals surface area contributed by atoms with Crippen LogP contribution < -0.4 is 4.74 Å². The third-order valence-corrected chi connectivity index (χ3v) is 2.76. The largest absolute Gasteiger partial charge is 0.493 e. The van der Waals surface area contributed by atoms with E-state index in [1.807, 2.05) is 0 Å². The fraction of sp³-hybridized carbons (Fsp3) is 0.571. The van der Waals surface area contributed by atoms with Crippen LogP contribution in [0.3, 0.4) is 0 Å². The van der Waals surface area contributed by atoms with Gasteiger partial charge in [0.25, 0.3) is 5.69 Å². The van der Waals surface area contributed by atoms with E-state index < -0.39 is 11.0 Å². The number of aliphatic hydroxyl groups excluding tert-OH is 1. The second-order valence-electron chi connectivity index (χ2n) is 5.81. The van der Waals surface area contributed by atoms with Gasteiger partial charge in [-0.1, -0.05) is 20.8 Å². The fourth-order valence-electron chi connectivity index (χ4n) is 1.57. The van der Waals surface area contributed by atoms with Gasteiger partial charge in [-0.05, 0) is 24.8 Å². The van der Waals surface area contributed by atoms with Gasteiger partial charge < -0.3 is 9.84 Å².